The summed E-state index contributed by atoms with van der Waals surface area (Å²) in [5, 5.41) is 19.7. The van der Waals surface area contributed by atoms with Gasteiger partial charge in [-0.25, -0.2) is 14.5 Å². The topological polar surface area (TPSA) is 157 Å². The Bertz CT molecular complexity index is 1230. The van der Waals surface area contributed by atoms with Crippen LogP contribution in [0.25, 0.3) is 16.8 Å². The van der Waals surface area contributed by atoms with Gasteiger partial charge in [0.1, 0.15) is 11.8 Å². The standard InChI is InChI=1S/C24H31N7O4/c1-24(2,12-32)30-22(33)14-4-6-16(7-5-14)29-23(34)17-11-18(15-8-9-26-19(10-15)35-3)31-20(17)21(25)27-13-28-31/h8-11,13-14,16,32H,4-7,12H2,1-3H3,(H,29,34)(H,30,33)(H2,25,27,28). The van der Waals surface area contributed by atoms with Gasteiger partial charge in [0.15, 0.2) is 5.82 Å². The number of aromatic nitrogens is 4. The fraction of sp³-hybridized carbons (Fsp3) is 0.458. The third kappa shape index (κ3) is 5.19. The summed E-state index contributed by atoms with van der Waals surface area (Å²) in [5.74, 6) is 0.166. The second-order valence-corrected chi connectivity index (χ2v) is 9.49. The molecule has 3 heterocycles. The molecule has 5 N–H and O–H groups in total. The van der Waals surface area contributed by atoms with Gasteiger partial charge in [0.25, 0.3) is 5.91 Å². The third-order valence-corrected chi connectivity index (χ3v) is 6.36. The Morgan fingerprint density at radius 1 is 1.23 bits per heavy atom. The highest BCUT2D eigenvalue weighted by Crippen LogP contribution is 2.30. The van der Waals surface area contributed by atoms with E-state index in [-0.39, 0.29) is 36.2 Å². The zero-order valence-electron chi connectivity index (χ0n) is 20.1. The van der Waals surface area contributed by atoms with Crippen molar-refractivity contribution in [1.82, 2.24) is 30.2 Å². The number of methoxy groups -OCH3 is 1. The summed E-state index contributed by atoms with van der Waals surface area (Å²) in [5.41, 5.74) is 7.71. The van der Waals surface area contributed by atoms with Crippen molar-refractivity contribution >= 4 is 23.1 Å². The smallest absolute Gasteiger partial charge is 0.253 e. The number of fused-ring (bicyclic) bond motifs is 1. The van der Waals surface area contributed by atoms with Crippen molar-refractivity contribution in [3.05, 3.63) is 36.3 Å². The van der Waals surface area contributed by atoms with E-state index < -0.39 is 5.54 Å². The molecule has 0 atom stereocenters. The molecule has 1 aliphatic carbocycles. The van der Waals surface area contributed by atoms with E-state index in [1.165, 1.54) is 13.4 Å². The molecular formula is C24H31N7O4. The highest BCUT2D eigenvalue weighted by molar-refractivity contribution is 6.05. The first kappa shape index (κ1) is 24.4. The summed E-state index contributed by atoms with van der Waals surface area (Å²) < 4.78 is 6.82. The number of hydrogen-bond donors (Lipinski definition) is 4. The number of nitrogens with two attached hydrogens (primary N) is 1. The van der Waals surface area contributed by atoms with Crippen molar-refractivity contribution in [2.24, 2.45) is 5.92 Å². The Morgan fingerprint density at radius 3 is 2.66 bits per heavy atom. The Kier molecular flexibility index (Phi) is 6.88. The van der Waals surface area contributed by atoms with Gasteiger partial charge in [-0.2, -0.15) is 5.10 Å². The van der Waals surface area contributed by atoms with Gasteiger partial charge in [-0.15, -0.1) is 0 Å². The molecule has 1 aliphatic rings. The average molecular weight is 482 g/mol. The first-order valence-electron chi connectivity index (χ1n) is 11.6. The predicted molar refractivity (Wildman–Crippen MR) is 130 cm³/mol. The number of rotatable bonds is 7. The number of hydrogen-bond acceptors (Lipinski definition) is 8. The molecule has 35 heavy (non-hydrogen) atoms. The van der Waals surface area contributed by atoms with Gasteiger partial charge in [-0.1, -0.05) is 0 Å². The van der Waals surface area contributed by atoms with Gasteiger partial charge in [-0.05, 0) is 51.7 Å². The number of nitrogen functional groups attached to an aromatic ring is 1. The lowest BCUT2D eigenvalue weighted by Gasteiger charge is -2.31. The quantitative estimate of drug-likeness (QED) is 0.396. The van der Waals surface area contributed by atoms with Crippen LogP contribution in [0.2, 0.25) is 0 Å². The molecule has 0 aliphatic heterocycles. The Hall–Kier alpha value is -3.73. The van der Waals surface area contributed by atoms with E-state index >= 15 is 0 Å². The maximum absolute atomic E-state index is 13.3. The summed E-state index contributed by atoms with van der Waals surface area (Å²) >= 11 is 0. The summed E-state index contributed by atoms with van der Waals surface area (Å²) in [6.45, 7) is 3.44. The fourth-order valence-corrected chi connectivity index (χ4v) is 4.37. The van der Waals surface area contributed by atoms with Crippen molar-refractivity contribution in [3.8, 4) is 17.1 Å². The van der Waals surface area contributed by atoms with Crippen molar-refractivity contribution in [1.29, 1.82) is 0 Å². The zero-order chi connectivity index (χ0) is 25.2. The number of amides is 2. The second-order valence-electron chi connectivity index (χ2n) is 9.49. The largest absolute Gasteiger partial charge is 0.481 e. The van der Waals surface area contributed by atoms with E-state index in [0.717, 1.165) is 5.56 Å². The van der Waals surface area contributed by atoms with E-state index in [1.807, 2.05) is 0 Å². The monoisotopic (exact) mass is 481 g/mol. The van der Waals surface area contributed by atoms with Crippen LogP contribution in [0.1, 0.15) is 49.9 Å². The normalized spacial score (nSPS) is 18.3. The van der Waals surface area contributed by atoms with Crippen LogP contribution in [0.4, 0.5) is 5.82 Å². The maximum atomic E-state index is 13.3. The number of carbonyl (C=O) groups excluding carboxylic acids is 2. The minimum atomic E-state index is -0.656. The van der Waals surface area contributed by atoms with Gasteiger partial charge in [0.05, 0.1) is 30.5 Å². The lowest BCUT2D eigenvalue weighted by molar-refractivity contribution is -0.128. The number of ether oxygens (including phenoxy) is 1. The summed E-state index contributed by atoms with van der Waals surface area (Å²) in [7, 11) is 1.53. The summed E-state index contributed by atoms with van der Waals surface area (Å²) in [4.78, 5) is 34.0. The molecule has 1 fully saturated rings. The zero-order valence-corrected chi connectivity index (χ0v) is 20.1. The fourth-order valence-electron chi connectivity index (χ4n) is 4.37. The Balaban J connectivity index is 1.51. The number of nitrogens with zero attached hydrogens (tertiary/aromatic N) is 4. The molecule has 0 saturated heterocycles. The highest BCUT2D eigenvalue weighted by Gasteiger charge is 2.31. The van der Waals surface area contributed by atoms with Crippen LogP contribution in [0.15, 0.2) is 30.7 Å². The molecule has 0 aromatic carbocycles. The maximum Gasteiger partial charge on any atom is 0.253 e. The van der Waals surface area contributed by atoms with Crippen molar-refractivity contribution in [2.75, 3.05) is 19.5 Å². The van der Waals surface area contributed by atoms with Crippen LogP contribution in [-0.4, -0.2) is 61.8 Å². The van der Waals surface area contributed by atoms with E-state index in [0.29, 0.717) is 48.3 Å². The molecule has 186 valence electrons. The number of nitrogens with one attached hydrogen (secondary N) is 2. The number of pyridine rings is 1. The van der Waals surface area contributed by atoms with Crippen molar-refractivity contribution < 1.29 is 19.4 Å². The lowest BCUT2D eigenvalue weighted by atomic mass is 9.85. The molecule has 11 nitrogen and oxygen atoms in total. The molecule has 4 rings (SSSR count). The highest BCUT2D eigenvalue weighted by atomic mass is 16.5. The van der Waals surface area contributed by atoms with Crippen molar-refractivity contribution in [3.63, 3.8) is 0 Å². The van der Waals surface area contributed by atoms with Crippen LogP contribution in [0.5, 0.6) is 5.88 Å². The van der Waals surface area contributed by atoms with E-state index in [9.17, 15) is 14.7 Å². The molecule has 0 radical (unpaired) electrons. The van der Waals surface area contributed by atoms with Gasteiger partial charge in [-0.3, -0.25) is 9.59 Å². The van der Waals surface area contributed by atoms with Gasteiger partial charge in [0, 0.05) is 29.8 Å². The molecule has 11 heteroatoms. The Morgan fingerprint density at radius 2 is 1.97 bits per heavy atom. The van der Waals surface area contributed by atoms with Crippen LogP contribution in [-0.2, 0) is 4.79 Å². The predicted octanol–water partition coefficient (Wildman–Crippen LogP) is 1.56. The summed E-state index contributed by atoms with van der Waals surface area (Å²) in [6.07, 6.45) is 5.62. The molecule has 3 aromatic heterocycles. The minimum Gasteiger partial charge on any atom is -0.481 e. The van der Waals surface area contributed by atoms with E-state index in [2.05, 4.69) is 25.7 Å². The molecule has 2 amide bonds. The second kappa shape index (κ2) is 9.87. The van der Waals surface area contributed by atoms with E-state index in [1.54, 1.807) is 42.8 Å². The van der Waals surface area contributed by atoms with Crippen LogP contribution < -0.4 is 21.1 Å². The number of anilines is 1. The van der Waals surface area contributed by atoms with Gasteiger partial charge in [0.2, 0.25) is 11.8 Å². The first-order chi connectivity index (χ1) is 16.7. The SMILES string of the molecule is COc1cc(-c2cc(C(=O)NC3CCC(C(=O)NC(C)(C)CO)CC3)c3c(N)ncnn23)ccn1. The molecule has 0 bridgehead atoms. The number of aliphatic hydroxyl groups excluding tert-OH is 1. The molecule has 3 aromatic rings. The molecule has 1 saturated carbocycles. The average Bonchev–Trinajstić information content (AvgIpc) is 3.25. The van der Waals surface area contributed by atoms with Crippen LogP contribution in [0.3, 0.4) is 0 Å². The molecular weight excluding hydrogens is 450 g/mol. The third-order valence-electron chi connectivity index (χ3n) is 6.36. The molecule has 0 spiro atoms. The van der Waals surface area contributed by atoms with Crippen LogP contribution >= 0.6 is 0 Å². The minimum absolute atomic E-state index is 0.0606. The van der Waals surface area contributed by atoms with Crippen LogP contribution in [0, 0.1) is 5.92 Å². The van der Waals surface area contributed by atoms with E-state index in [4.69, 9.17) is 10.5 Å². The number of carbonyl (C=O) groups is 2. The lowest BCUT2D eigenvalue weighted by Crippen LogP contribution is -2.49. The van der Waals surface area contributed by atoms with Crippen molar-refractivity contribution in [2.45, 2.75) is 51.1 Å². The number of aliphatic hydroxyl groups is 1. The first-order valence-corrected chi connectivity index (χ1v) is 11.6. The molecule has 0 unspecified atom stereocenters. The Labute approximate surface area is 203 Å². The van der Waals surface area contributed by atoms with Gasteiger partial charge >= 0.3 is 0 Å². The summed E-state index contributed by atoms with van der Waals surface area (Å²) in [6, 6.07) is 5.23. The van der Waals surface area contributed by atoms with Gasteiger partial charge < -0.3 is 26.2 Å².